The number of hydrogen-bond donors (Lipinski definition) is 0. The molecule has 0 aliphatic rings. The third kappa shape index (κ3) is 5.40. The number of hydrogen-bond acceptors (Lipinski definition) is 2. The van der Waals surface area contributed by atoms with Gasteiger partial charge in [0.05, 0.1) is 0 Å². The highest BCUT2D eigenvalue weighted by Gasteiger charge is 2.03. The summed E-state index contributed by atoms with van der Waals surface area (Å²) in [5.74, 6) is -0.264. The second-order valence-electron chi connectivity index (χ2n) is 2.19. The lowest BCUT2D eigenvalue weighted by molar-refractivity contribution is -0.143. The first kappa shape index (κ1) is 9.95. The van der Waals surface area contributed by atoms with Crippen molar-refractivity contribution in [2.24, 2.45) is 0 Å². The minimum atomic E-state index is -0.264. The van der Waals surface area contributed by atoms with Crippen LogP contribution in [0.4, 0.5) is 0 Å². The predicted octanol–water partition coefficient (Wildman–Crippen LogP) is 2.07. The summed E-state index contributed by atoms with van der Waals surface area (Å²) in [6.45, 7) is 6.88. The molecular weight excluding hydrogens is 140 g/mol. The molecule has 2 nitrogen and oxygen atoms in total. The van der Waals surface area contributed by atoms with E-state index in [9.17, 15) is 4.79 Å². The Morgan fingerprint density at radius 3 is 2.73 bits per heavy atom. The van der Waals surface area contributed by atoms with Gasteiger partial charge in [0.1, 0.15) is 6.10 Å². The van der Waals surface area contributed by atoms with E-state index in [0.717, 1.165) is 0 Å². The molecule has 0 aromatic rings. The van der Waals surface area contributed by atoms with Crippen LogP contribution in [0, 0.1) is 0 Å². The maximum absolute atomic E-state index is 10.5. The van der Waals surface area contributed by atoms with Gasteiger partial charge < -0.3 is 4.74 Å². The molecule has 1 atom stereocenters. The van der Waals surface area contributed by atoms with Crippen LogP contribution in [-0.4, -0.2) is 12.1 Å². The largest absolute Gasteiger partial charge is 0.458 e. The minimum Gasteiger partial charge on any atom is -0.458 e. The van der Waals surface area contributed by atoms with Crippen molar-refractivity contribution >= 4 is 5.97 Å². The Hall–Kier alpha value is -1.05. The second kappa shape index (κ2) is 5.71. The third-order valence-corrected chi connectivity index (χ3v) is 1.18. The summed E-state index contributed by atoms with van der Waals surface area (Å²) in [4.78, 5) is 10.5. The molecule has 0 aromatic carbocycles. The van der Waals surface area contributed by atoms with Crippen LogP contribution in [0.1, 0.15) is 20.3 Å². The number of allylic oxidation sites excluding steroid dienone is 1. The van der Waals surface area contributed by atoms with Crippen LogP contribution in [0.25, 0.3) is 0 Å². The van der Waals surface area contributed by atoms with Crippen molar-refractivity contribution in [3.05, 3.63) is 24.8 Å². The summed E-state index contributed by atoms with van der Waals surface area (Å²) in [6.07, 6.45) is 6.01. The topological polar surface area (TPSA) is 26.3 Å². The normalized spacial score (nSPS) is 12.9. The van der Waals surface area contributed by atoms with Crippen molar-refractivity contribution in [3.8, 4) is 0 Å². The van der Waals surface area contributed by atoms with Crippen LogP contribution in [0.3, 0.4) is 0 Å². The molecule has 2 heteroatoms. The molecule has 0 bridgehead atoms. The van der Waals surface area contributed by atoms with Crippen molar-refractivity contribution in [2.75, 3.05) is 0 Å². The zero-order valence-electron chi connectivity index (χ0n) is 7.04. The lowest BCUT2D eigenvalue weighted by atomic mass is 10.2. The average molecular weight is 154 g/mol. The van der Waals surface area contributed by atoms with Gasteiger partial charge in [0.15, 0.2) is 0 Å². The molecule has 0 aromatic heterocycles. The van der Waals surface area contributed by atoms with E-state index >= 15 is 0 Å². The van der Waals surface area contributed by atoms with Crippen LogP contribution < -0.4 is 0 Å². The molecule has 0 rings (SSSR count). The third-order valence-electron chi connectivity index (χ3n) is 1.18. The summed E-state index contributed by atoms with van der Waals surface area (Å²) in [7, 11) is 0. The average Bonchev–Trinajstić information content (AvgIpc) is 1.97. The highest BCUT2D eigenvalue weighted by atomic mass is 16.5. The molecule has 1 unspecified atom stereocenters. The maximum atomic E-state index is 10.5. The van der Waals surface area contributed by atoms with Gasteiger partial charge in [-0.3, -0.25) is 4.79 Å². The van der Waals surface area contributed by atoms with Gasteiger partial charge in [-0.1, -0.05) is 24.8 Å². The van der Waals surface area contributed by atoms with E-state index in [0.29, 0.717) is 6.42 Å². The first-order valence-electron chi connectivity index (χ1n) is 3.61. The Bertz CT molecular complexity index is 159. The monoisotopic (exact) mass is 154 g/mol. The SMILES string of the molecule is C=CC(CC=CC)OC(C)=O. The van der Waals surface area contributed by atoms with E-state index in [-0.39, 0.29) is 12.1 Å². The van der Waals surface area contributed by atoms with E-state index in [1.165, 1.54) is 6.92 Å². The molecule has 0 aliphatic heterocycles. The Morgan fingerprint density at radius 2 is 2.36 bits per heavy atom. The van der Waals surface area contributed by atoms with E-state index in [2.05, 4.69) is 6.58 Å². The Labute approximate surface area is 67.6 Å². The highest BCUT2D eigenvalue weighted by molar-refractivity contribution is 5.66. The number of rotatable bonds is 4. The van der Waals surface area contributed by atoms with Crippen LogP contribution in [0.15, 0.2) is 24.8 Å². The summed E-state index contributed by atoms with van der Waals surface area (Å²) >= 11 is 0. The van der Waals surface area contributed by atoms with E-state index in [1.54, 1.807) is 6.08 Å². The standard InChI is InChI=1S/C9H14O2/c1-4-6-7-9(5-2)11-8(3)10/h4-6,9H,2,7H2,1,3H3. The fourth-order valence-corrected chi connectivity index (χ4v) is 0.676. The molecule has 0 radical (unpaired) electrons. The molecule has 11 heavy (non-hydrogen) atoms. The Kier molecular flexibility index (Phi) is 5.17. The fraction of sp³-hybridized carbons (Fsp3) is 0.444. The van der Waals surface area contributed by atoms with Gasteiger partial charge in [-0.2, -0.15) is 0 Å². The van der Waals surface area contributed by atoms with Gasteiger partial charge in [0.25, 0.3) is 0 Å². The van der Waals surface area contributed by atoms with Crippen molar-refractivity contribution in [3.63, 3.8) is 0 Å². The molecular formula is C9H14O2. The number of ether oxygens (including phenoxy) is 1. The van der Waals surface area contributed by atoms with Gasteiger partial charge in [-0.25, -0.2) is 0 Å². The smallest absolute Gasteiger partial charge is 0.303 e. The molecule has 0 heterocycles. The number of carbonyl (C=O) groups excluding carboxylic acids is 1. The number of carbonyl (C=O) groups is 1. The van der Waals surface area contributed by atoms with Gasteiger partial charge >= 0.3 is 5.97 Å². The van der Waals surface area contributed by atoms with Crippen LogP contribution in [0.5, 0.6) is 0 Å². The molecule has 0 N–H and O–H groups in total. The van der Waals surface area contributed by atoms with Crippen molar-refractivity contribution in [1.29, 1.82) is 0 Å². The molecule has 0 aliphatic carbocycles. The highest BCUT2D eigenvalue weighted by Crippen LogP contribution is 2.00. The predicted molar refractivity (Wildman–Crippen MR) is 45.2 cm³/mol. The van der Waals surface area contributed by atoms with Crippen molar-refractivity contribution < 1.29 is 9.53 Å². The molecule has 0 saturated carbocycles. The van der Waals surface area contributed by atoms with Gasteiger partial charge in [0, 0.05) is 13.3 Å². The fourth-order valence-electron chi connectivity index (χ4n) is 0.676. The second-order valence-corrected chi connectivity index (χ2v) is 2.19. The lowest BCUT2D eigenvalue weighted by Gasteiger charge is -2.09. The van der Waals surface area contributed by atoms with Crippen LogP contribution >= 0.6 is 0 Å². The van der Waals surface area contributed by atoms with E-state index in [1.807, 2.05) is 19.1 Å². The lowest BCUT2D eigenvalue weighted by Crippen LogP contribution is -2.11. The first-order valence-corrected chi connectivity index (χ1v) is 3.61. The molecule has 0 amide bonds. The molecule has 0 saturated heterocycles. The van der Waals surface area contributed by atoms with Crippen LogP contribution in [-0.2, 0) is 9.53 Å². The summed E-state index contributed by atoms with van der Waals surface area (Å²) in [5, 5.41) is 0. The van der Waals surface area contributed by atoms with E-state index in [4.69, 9.17) is 4.74 Å². The zero-order chi connectivity index (χ0) is 8.69. The Balaban J connectivity index is 3.75. The van der Waals surface area contributed by atoms with Gasteiger partial charge in [-0.05, 0) is 6.92 Å². The van der Waals surface area contributed by atoms with Crippen LogP contribution in [0.2, 0.25) is 0 Å². The molecule has 62 valence electrons. The summed E-state index contributed by atoms with van der Waals surface area (Å²) < 4.78 is 4.89. The van der Waals surface area contributed by atoms with E-state index < -0.39 is 0 Å². The number of esters is 1. The summed E-state index contributed by atoms with van der Waals surface area (Å²) in [6, 6.07) is 0. The molecule has 0 spiro atoms. The van der Waals surface area contributed by atoms with Gasteiger partial charge in [0.2, 0.25) is 0 Å². The van der Waals surface area contributed by atoms with Gasteiger partial charge in [-0.15, -0.1) is 0 Å². The quantitative estimate of drug-likeness (QED) is 0.457. The van der Waals surface area contributed by atoms with Crippen molar-refractivity contribution in [1.82, 2.24) is 0 Å². The minimum absolute atomic E-state index is 0.177. The zero-order valence-corrected chi connectivity index (χ0v) is 7.04. The molecule has 0 fully saturated rings. The van der Waals surface area contributed by atoms with Crippen molar-refractivity contribution in [2.45, 2.75) is 26.4 Å². The Morgan fingerprint density at radius 1 is 1.73 bits per heavy atom. The first-order chi connectivity index (χ1) is 5.20. The summed E-state index contributed by atoms with van der Waals surface area (Å²) in [5.41, 5.74) is 0. The maximum Gasteiger partial charge on any atom is 0.303 e.